The topological polar surface area (TPSA) is 0 Å². The molecule has 0 aliphatic carbocycles. The van der Waals surface area contributed by atoms with Crippen LogP contribution in [-0.2, 0) is 12.8 Å². The zero-order valence-electron chi connectivity index (χ0n) is 14.1. The molecule has 4 heteroatoms. The smallest absolute Gasteiger partial charge is 0.162 e. The quantitative estimate of drug-likeness (QED) is 0.566. The normalized spacial score (nSPS) is 9.39. The van der Waals surface area contributed by atoms with Gasteiger partial charge in [0.1, 0.15) is 11.6 Å². The maximum Gasteiger partial charge on any atom is 0.162 e. The van der Waals surface area contributed by atoms with E-state index >= 15 is 0 Å². The molecule has 0 fully saturated rings. The van der Waals surface area contributed by atoms with Crippen molar-refractivity contribution in [3.05, 3.63) is 70.8 Å². The van der Waals surface area contributed by atoms with E-state index in [-0.39, 0.29) is 0 Å². The highest BCUT2D eigenvalue weighted by atomic mass is 19.2. The van der Waals surface area contributed by atoms with E-state index in [0.717, 1.165) is 18.6 Å². The molecule has 0 amide bonds. The Morgan fingerprint density at radius 1 is 0.783 bits per heavy atom. The second kappa shape index (κ2) is 11.7. The van der Waals surface area contributed by atoms with E-state index in [9.17, 15) is 17.6 Å². The van der Waals surface area contributed by atoms with Crippen LogP contribution in [0.15, 0.2) is 36.4 Å². The molecule has 128 valence electrons. The maximum absolute atomic E-state index is 12.8. The summed E-state index contributed by atoms with van der Waals surface area (Å²) in [5.74, 6) is -2.43. The summed E-state index contributed by atoms with van der Waals surface area (Å²) < 4.78 is 50.2. The fourth-order valence-electron chi connectivity index (χ4n) is 1.82. The van der Waals surface area contributed by atoms with Gasteiger partial charge in [0.05, 0.1) is 0 Å². The summed E-state index contributed by atoms with van der Waals surface area (Å²) in [6, 6.07) is 7.91. The molecule has 0 spiro atoms. The number of hydrogen-bond acceptors (Lipinski definition) is 0. The van der Waals surface area contributed by atoms with Gasteiger partial charge < -0.3 is 0 Å². The molecule has 0 unspecified atom stereocenters. The molecule has 2 aromatic rings. The van der Waals surface area contributed by atoms with Crippen molar-refractivity contribution in [2.75, 3.05) is 0 Å². The Morgan fingerprint density at radius 2 is 1.43 bits per heavy atom. The lowest BCUT2D eigenvalue weighted by atomic mass is 10.1. The number of rotatable bonds is 3. The zero-order chi connectivity index (χ0) is 17.8. The Bertz CT molecular complexity index is 580. The van der Waals surface area contributed by atoms with E-state index in [1.807, 2.05) is 27.7 Å². The van der Waals surface area contributed by atoms with Crippen LogP contribution in [-0.4, -0.2) is 0 Å². The molecule has 2 aromatic carbocycles. The highest BCUT2D eigenvalue weighted by Gasteiger charge is 2.05. The van der Waals surface area contributed by atoms with Crippen LogP contribution in [0, 0.1) is 23.3 Å². The Kier molecular flexibility index (Phi) is 10.8. The molecule has 0 saturated heterocycles. The van der Waals surface area contributed by atoms with Crippen LogP contribution >= 0.6 is 0 Å². The molecule has 0 N–H and O–H groups in total. The summed E-state index contributed by atoms with van der Waals surface area (Å²) in [4.78, 5) is 0. The predicted molar refractivity (Wildman–Crippen MR) is 87.4 cm³/mol. The van der Waals surface area contributed by atoms with Gasteiger partial charge in [0.25, 0.3) is 0 Å². The van der Waals surface area contributed by atoms with Crippen LogP contribution in [0.1, 0.15) is 45.2 Å². The van der Waals surface area contributed by atoms with Gasteiger partial charge in [-0.3, -0.25) is 0 Å². The molecule has 0 aromatic heterocycles. The first-order chi connectivity index (χ1) is 11.0. The molecular weight excluding hydrogens is 304 g/mol. The molecule has 0 bridgehead atoms. The molecule has 0 aliphatic heterocycles. The van der Waals surface area contributed by atoms with Gasteiger partial charge in [-0.1, -0.05) is 52.3 Å². The van der Waals surface area contributed by atoms with Crippen molar-refractivity contribution >= 4 is 0 Å². The van der Waals surface area contributed by atoms with Gasteiger partial charge in [-0.15, -0.1) is 0 Å². The lowest BCUT2D eigenvalue weighted by molar-refractivity contribution is 0.498. The van der Waals surface area contributed by atoms with Gasteiger partial charge in [-0.05, 0) is 36.1 Å². The van der Waals surface area contributed by atoms with Crippen molar-refractivity contribution in [1.29, 1.82) is 0 Å². The van der Waals surface area contributed by atoms with Gasteiger partial charge >= 0.3 is 0 Å². The Balaban J connectivity index is 0.000000381. The molecule has 0 aliphatic rings. The monoisotopic (exact) mass is 328 g/mol. The number of hydrogen-bond donors (Lipinski definition) is 0. The Morgan fingerprint density at radius 3 is 1.96 bits per heavy atom. The fourth-order valence-corrected chi connectivity index (χ4v) is 1.82. The van der Waals surface area contributed by atoms with Gasteiger partial charge in [-0.25, -0.2) is 17.6 Å². The van der Waals surface area contributed by atoms with Crippen molar-refractivity contribution in [3.63, 3.8) is 0 Å². The fraction of sp³-hybridized carbons (Fsp3) is 0.368. The van der Waals surface area contributed by atoms with Gasteiger partial charge in [0, 0.05) is 6.07 Å². The number of aryl methyl sites for hydroxylation is 2. The van der Waals surface area contributed by atoms with Crippen molar-refractivity contribution in [1.82, 2.24) is 0 Å². The summed E-state index contributed by atoms with van der Waals surface area (Å²) in [6.07, 6.45) is 2.04. The minimum atomic E-state index is -0.754. The van der Waals surface area contributed by atoms with Crippen LogP contribution in [0.2, 0.25) is 0 Å². The average Bonchev–Trinajstić information content (AvgIpc) is 2.55. The maximum atomic E-state index is 12.8. The molecular formula is C19H24F4. The van der Waals surface area contributed by atoms with Crippen LogP contribution in [0.5, 0.6) is 0 Å². The molecule has 0 saturated carbocycles. The summed E-state index contributed by atoms with van der Waals surface area (Å²) in [5.41, 5.74) is 1.02. The summed E-state index contributed by atoms with van der Waals surface area (Å²) in [6.45, 7) is 7.76. The van der Waals surface area contributed by atoms with Crippen LogP contribution in [0.4, 0.5) is 17.6 Å². The first-order valence-electron chi connectivity index (χ1n) is 7.86. The lowest BCUT2D eigenvalue weighted by Crippen LogP contribution is -1.92. The Labute approximate surface area is 136 Å². The molecule has 0 nitrogen and oxygen atoms in total. The molecule has 0 radical (unpaired) electrons. The van der Waals surface area contributed by atoms with Crippen LogP contribution in [0.3, 0.4) is 0 Å². The second-order valence-corrected chi connectivity index (χ2v) is 4.55. The zero-order valence-corrected chi connectivity index (χ0v) is 14.1. The van der Waals surface area contributed by atoms with Crippen molar-refractivity contribution in [3.8, 4) is 0 Å². The molecule has 0 atom stereocenters. The first-order valence-corrected chi connectivity index (χ1v) is 7.86. The first kappa shape index (κ1) is 21.2. The van der Waals surface area contributed by atoms with E-state index in [4.69, 9.17) is 0 Å². The summed E-state index contributed by atoms with van der Waals surface area (Å²) >= 11 is 0. The number of halogens is 4. The lowest BCUT2D eigenvalue weighted by Gasteiger charge is -1.99. The highest BCUT2D eigenvalue weighted by molar-refractivity contribution is 5.19. The van der Waals surface area contributed by atoms with Gasteiger partial charge in [0.2, 0.25) is 0 Å². The van der Waals surface area contributed by atoms with Crippen LogP contribution in [0.25, 0.3) is 0 Å². The minimum Gasteiger partial charge on any atom is -0.207 e. The van der Waals surface area contributed by atoms with Gasteiger partial charge in [-0.2, -0.15) is 0 Å². The Hall–Kier alpha value is -1.84. The SMILES string of the molecule is CC.CCCc1cccc(F)c1F.CCc1ccc(F)cc1F. The van der Waals surface area contributed by atoms with Crippen LogP contribution < -0.4 is 0 Å². The highest BCUT2D eigenvalue weighted by Crippen LogP contribution is 2.12. The summed E-state index contributed by atoms with van der Waals surface area (Å²) in [5, 5.41) is 0. The van der Waals surface area contributed by atoms with Crippen molar-refractivity contribution in [2.45, 2.75) is 47.0 Å². The standard InChI is InChI=1S/C9H10F2.C8H8F2.C2H6/c1-2-4-7-5-3-6-8(10)9(7)11;1-2-6-3-4-7(9)5-8(6)10;1-2/h3,5-6H,2,4H2,1H3;3-5H,2H2,1H3;1-2H3. The third-order valence-corrected chi connectivity index (χ3v) is 2.95. The molecule has 2 rings (SSSR count). The predicted octanol–water partition coefficient (Wildman–Crippen LogP) is 6.47. The largest absolute Gasteiger partial charge is 0.207 e. The van der Waals surface area contributed by atoms with Crippen molar-refractivity contribution < 1.29 is 17.6 Å². The summed E-state index contributed by atoms with van der Waals surface area (Å²) in [7, 11) is 0. The second-order valence-electron chi connectivity index (χ2n) is 4.55. The van der Waals surface area contributed by atoms with Gasteiger partial charge in [0.15, 0.2) is 11.6 Å². The molecule has 0 heterocycles. The third kappa shape index (κ3) is 7.31. The van der Waals surface area contributed by atoms with E-state index in [0.29, 0.717) is 24.0 Å². The molecule has 23 heavy (non-hydrogen) atoms. The van der Waals surface area contributed by atoms with E-state index < -0.39 is 23.3 Å². The average molecular weight is 328 g/mol. The number of benzene rings is 2. The van der Waals surface area contributed by atoms with Crippen molar-refractivity contribution in [2.24, 2.45) is 0 Å². The van der Waals surface area contributed by atoms with E-state index in [1.165, 1.54) is 18.2 Å². The third-order valence-electron chi connectivity index (χ3n) is 2.95. The minimum absolute atomic E-state index is 0.456. The van der Waals surface area contributed by atoms with E-state index in [2.05, 4.69) is 0 Å². The van der Waals surface area contributed by atoms with E-state index in [1.54, 1.807) is 6.07 Å².